The van der Waals surface area contributed by atoms with E-state index in [0.717, 1.165) is 37.3 Å². The van der Waals surface area contributed by atoms with E-state index >= 15 is 0 Å². The van der Waals surface area contributed by atoms with Crippen molar-refractivity contribution in [2.24, 2.45) is 0 Å². The summed E-state index contributed by atoms with van der Waals surface area (Å²) in [5.41, 5.74) is 3.49. The predicted molar refractivity (Wildman–Crippen MR) is 82.7 cm³/mol. The van der Waals surface area contributed by atoms with Crippen LogP contribution in [-0.2, 0) is 6.54 Å². The number of pyridine rings is 1. The van der Waals surface area contributed by atoms with Gasteiger partial charge in [0.25, 0.3) is 0 Å². The van der Waals surface area contributed by atoms with Crippen LogP contribution < -0.4 is 10.2 Å². The lowest BCUT2D eigenvalue weighted by atomic mass is 10.1. The van der Waals surface area contributed by atoms with E-state index in [9.17, 15) is 0 Å². The van der Waals surface area contributed by atoms with Gasteiger partial charge in [-0.15, -0.1) is 0 Å². The summed E-state index contributed by atoms with van der Waals surface area (Å²) < 4.78 is 0. The lowest BCUT2D eigenvalue weighted by Crippen LogP contribution is -2.24. The number of fused-ring (bicyclic) bond motifs is 1. The predicted octanol–water partition coefficient (Wildman–Crippen LogP) is 3.19. The summed E-state index contributed by atoms with van der Waals surface area (Å²) in [6.45, 7) is 7.36. The van der Waals surface area contributed by atoms with E-state index in [-0.39, 0.29) is 0 Å². The number of aromatic nitrogens is 1. The normalized spacial score (nSPS) is 10.9. The van der Waals surface area contributed by atoms with Crippen molar-refractivity contribution in [3.63, 3.8) is 0 Å². The Kier molecular flexibility index (Phi) is 4.74. The van der Waals surface area contributed by atoms with Gasteiger partial charge in [-0.1, -0.05) is 25.1 Å². The molecule has 1 N–H and O–H groups in total. The SMILES string of the molecule is CCCN(CC)c1cc(CNC)nc2ccccc12. The second-order valence-corrected chi connectivity index (χ2v) is 4.76. The molecule has 0 saturated heterocycles. The van der Waals surface area contributed by atoms with Crippen LogP contribution in [0, 0.1) is 0 Å². The zero-order chi connectivity index (χ0) is 13.7. The number of hydrogen-bond donors (Lipinski definition) is 1. The quantitative estimate of drug-likeness (QED) is 0.861. The van der Waals surface area contributed by atoms with Crippen LogP contribution in [0.5, 0.6) is 0 Å². The van der Waals surface area contributed by atoms with Gasteiger partial charge in [0.05, 0.1) is 11.2 Å². The summed E-state index contributed by atoms with van der Waals surface area (Å²) in [4.78, 5) is 7.15. The van der Waals surface area contributed by atoms with Gasteiger partial charge in [0.1, 0.15) is 0 Å². The van der Waals surface area contributed by atoms with Crippen LogP contribution in [0.2, 0.25) is 0 Å². The highest BCUT2D eigenvalue weighted by Crippen LogP contribution is 2.26. The van der Waals surface area contributed by atoms with Crippen LogP contribution in [0.4, 0.5) is 5.69 Å². The van der Waals surface area contributed by atoms with Gasteiger partial charge < -0.3 is 10.2 Å². The largest absolute Gasteiger partial charge is 0.371 e. The van der Waals surface area contributed by atoms with Gasteiger partial charge in [0.2, 0.25) is 0 Å². The number of rotatable bonds is 6. The molecule has 0 spiro atoms. The number of nitrogens with one attached hydrogen (secondary N) is 1. The first kappa shape index (κ1) is 13.8. The second kappa shape index (κ2) is 6.53. The molecule has 0 bridgehead atoms. The zero-order valence-corrected chi connectivity index (χ0v) is 12.1. The first-order valence-electron chi connectivity index (χ1n) is 7.08. The van der Waals surface area contributed by atoms with Gasteiger partial charge in [0.15, 0.2) is 0 Å². The fraction of sp³-hybridized carbons (Fsp3) is 0.438. The van der Waals surface area contributed by atoms with Crippen molar-refractivity contribution in [1.82, 2.24) is 10.3 Å². The Morgan fingerprint density at radius 2 is 2.00 bits per heavy atom. The number of benzene rings is 1. The molecular weight excluding hydrogens is 234 g/mol. The van der Waals surface area contributed by atoms with Crippen LogP contribution >= 0.6 is 0 Å². The topological polar surface area (TPSA) is 28.2 Å². The number of nitrogens with zero attached hydrogens (tertiary/aromatic N) is 2. The maximum Gasteiger partial charge on any atom is 0.0726 e. The van der Waals surface area contributed by atoms with Crippen LogP contribution in [0.3, 0.4) is 0 Å². The standard InChI is InChI=1S/C16H23N3/c1-4-10-19(5-2)16-11-13(12-17-3)18-15-9-7-6-8-14(15)16/h6-9,11,17H,4-5,10,12H2,1-3H3. The first-order chi connectivity index (χ1) is 9.30. The summed E-state index contributed by atoms with van der Waals surface area (Å²) in [6.07, 6.45) is 1.16. The maximum atomic E-state index is 4.71. The minimum absolute atomic E-state index is 0.807. The number of anilines is 1. The van der Waals surface area contributed by atoms with Crippen molar-refractivity contribution in [2.45, 2.75) is 26.8 Å². The molecule has 1 aromatic heterocycles. The zero-order valence-electron chi connectivity index (χ0n) is 12.1. The Morgan fingerprint density at radius 3 is 2.68 bits per heavy atom. The van der Waals surface area contributed by atoms with Crippen molar-refractivity contribution < 1.29 is 0 Å². The van der Waals surface area contributed by atoms with Gasteiger partial charge >= 0.3 is 0 Å². The molecule has 0 amide bonds. The first-order valence-corrected chi connectivity index (χ1v) is 7.08. The molecule has 2 rings (SSSR count). The summed E-state index contributed by atoms with van der Waals surface area (Å²) in [5.74, 6) is 0. The van der Waals surface area contributed by atoms with E-state index in [0.29, 0.717) is 0 Å². The lowest BCUT2D eigenvalue weighted by molar-refractivity contribution is 0.779. The molecule has 0 aliphatic rings. The summed E-state index contributed by atoms with van der Waals surface area (Å²) in [6, 6.07) is 10.6. The molecule has 102 valence electrons. The third-order valence-electron chi connectivity index (χ3n) is 3.32. The summed E-state index contributed by atoms with van der Waals surface area (Å²) in [7, 11) is 1.96. The Morgan fingerprint density at radius 1 is 1.21 bits per heavy atom. The highest BCUT2D eigenvalue weighted by molar-refractivity contribution is 5.92. The third-order valence-corrected chi connectivity index (χ3v) is 3.32. The second-order valence-electron chi connectivity index (χ2n) is 4.76. The van der Waals surface area contributed by atoms with E-state index in [1.807, 2.05) is 7.05 Å². The Labute approximate surface area is 115 Å². The van der Waals surface area contributed by atoms with Gasteiger partial charge in [-0.3, -0.25) is 4.98 Å². The molecule has 3 nitrogen and oxygen atoms in total. The maximum absolute atomic E-state index is 4.71. The highest BCUT2D eigenvalue weighted by atomic mass is 15.1. The van der Waals surface area contributed by atoms with E-state index in [1.165, 1.54) is 11.1 Å². The summed E-state index contributed by atoms with van der Waals surface area (Å²) >= 11 is 0. The lowest BCUT2D eigenvalue weighted by Gasteiger charge is -2.24. The molecule has 0 unspecified atom stereocenters. The summed E-state index contributed by atoms with van der Waals surface area (Å²) in [5, 5.41) is 4.43. The molecule has 0 fully saturated rings. The molecule has 0 saturated carbocycles. The average molecular weight is 257 g/mol. The Hall–Kier alpha value is -1.61. The molecule has 0 radical (unpaired) electrons. The smallest absolute Gasteiger partial charge is 0.0726 e. The minimum Gasteiger partial charge on any atom is -0.371 e. The average Bonchev–Trinajstić information content (AvgIpc) is 2.44. The molecular formula is C16H23N3. The van der Waals surface area contributed by atoms with Crippen LogP contribution in [0.15, 0.2) is 30.3 Å². The van der Waals surface area contributed by atoms with Crippen molar-refractivity contribution in [1.29, 1.82) is 0 Å². The van der Waals surface area contributed by atoms with Gasteiger partial charge in [-0.05, 0) is 32.5 Å². The molecule has 2 aromatic rings. The molecule has 0 atom stereocenters. The number of para-hydroxylation sites is 1. The number of hydrogen-bond acceptors (Lipinski definition) is 3. The minimum atomic E-state index is 0.807. The van der Waals surface area contributed by atoms with E-state index in [1.54, 1.807) is 0 Å². The van der Waals surface area contributed by atoms with Crippen molar-refractivity contribution in [3.05, 3.63) is 36.0 Å². The molecule has 1 heterocycles. The van der Waals surface area contributed by atoms with Gasteiger partial charge in [0, 0.05) is 30.7 Å². The van der Waals surface area contributed by atoms with E-state index < -0.39 is 0 Å². The molecule has 19 heavy (non-hydrogen) atoms. The van der Waals surface area contributed by atoms with Crippen molar-refractivity contribution in [2.75, 3.05) is 25.0 Å². The fourth-order valence-corrected chi connectivity index (χ4v) is 2.46. The van der Waals surface area contributed by atoms with Gasteiger partial charge in [-0.25, -0.2) is 0 Å². The Bertz CT molecular complexity index is 537. The third kappa shape index (κ3) is 3.04. The Balaban J connectivity index is 2.54. The van der Waals surface area contributed by atoms with Crippen molar-refractivity contribution >= 4 is 16.6 Å². The van der Waals surface area contributed by atoms with Gasteiger partial charge in [-0.2, -0.15) is 0 Å². The van der Waals surface area contributed by atoms with Crippen LogP contribution in [-0.4, -0.2) is 25.1 Å². The molecule has 0 aliphatic carbocycles. The van der Waals surface area contributed by atoms with Crippen LogP contribution in [0.1, 0.15) is 26.0 Å². The fourth-order valence-electron chi connectivity index (χ4n) is 2.46. The van der Waals surface area contributed by atoms with E-state index in [2.05, 4.69) is 54.4 Å². The molecule has 1 aromatic carbocycles. The highest BCUT2D eigenvalue weighted by Gasteiger charge is 2.10. The van der Waals surface area contributed by atoms with E-state index in [4.69, 9.17) is 4.98 Å². The van der Waals surface area contributed by atoms with Crippen LogP contribution in [0.25, 0.3) is 10.9 Å². The van der Waals surface area contributed by atoms with Crippen molar-refractivity contribution in [3.8, 4) is 0 Å². The molecule has 0 aliphatic heterocycles. The molecule has 3 heteroatoms. The monoisotopic (exact) mass is 257 g/mol.